The van der Waals surface area contributed by atoms with Crippen LogP contribution < -0.4 is 30.4 Å². The van der Waals surface area contributed by atoms with Gasteiger partial charge in [-0.25, -0.2) is 0 Å². The zero-order chi connectivity index (χ0) is 53.6. The number of thiophene rings is 1. The average Bonchev–Trinajstić information content (AvgIpc) is 2.91. The predicted octanol–water partition coefficient (Wildman–Crippen LogP) is 19.2. The van der Waals surface area contributed by atoms with Crippen molar-refractivity contribution in [1.29, 1.82) is 0 Å². The smallest absolute Gasteiger partial charge is 0.264 e. The molecule has 0 saturated heterocycles. The molecule has 0 N–H and O–H groups in total. The molecule has 5 heteroatoms. The number of hydrogen-bond acceptors (Lipinski definition) is 4. The van der Waals surface area contributed by atoms with Gasteiger partial charge >= 0.3 is 0 Å². The highest BCUT2D eigenvalue weighted by atomic mass is 32.1. The van der Waals surface area contributed by atoms with Gasteiger partial charge in [-0.3, -0.25) is 0 Å². The molecule has 0 radical (unpaired) electrons. The van der Waals surface area contributed by atoms with Gasteiger partial charge in [-0.05, 0) is 162 Å². The van der Waals surface area contributed by atoms with Crippen LogP contribution in [0, 0.1) is 0 Å². The molecule has 0 bridgehead atoms. The number of benzene rings is 11. The lowest BCUT2D eigenvalue weighted by Gasteiger charge is -2.44. The minimum Gasteiger partial charge on any atom is -0.311 e. The maximum atomic E-state index is 2.61. The second-order valence-electron chi connectivity index (χ2n) is 23.4. The van der Waals surface area contributed by atoms with E-state index in [1.807, 2.05) is 11.3 Å². The van der Waals surface area contributed by atoms with Crippen LogP contribution in [-0.2, 0) is 10.8 Å². The Morgan fingerprint density at radius 1 is 0.367 bits per heavy atom. The van der Waals surface area contributed by atoms with Crippen LogP contribution in [0.3, 0.4) is 0 Å². The van der Waals surface area contributed by atoms with Crippen LogP contribution >= 0.6 is 11.3 Å². The summed E-state index contributed by atoms with van der Waals surface area (Å²) in [5, 5.41) is 3.75. The van der Waals surface area contributed by atoms with Crippen molar-refractivity contribution in [3.63, 3.8) is 0 Å². The summed E-state index contributed by atoms with van der Waals surface area (Å²) in [6.07, 6.45) is 0. The Morgan fingerprint density at radius 3 is 1.35 bits per heavy atom. The highest BCUT2D eigenvalue weighted by Crippen LogP contribution is 2.51. The summed E-state index contributed by atoms with van der Waals surface area (Å²) in [7, 11) is 0. The van der Waals surface area contributed by atoms with E-state index in [1.165, 1.54) is 92.6 Å². The topological polar surface area (TPSA) is 9.72 Å². The maximum Gasteiger partial charge on any atom is 0.264 e. The van der Waals surface area contributed by atoms with Crippen molar-refractivity contribution in [3.05, 3.63) is 266 Å². The molecule has 0 aliphatic carbocycles. The lowest BCUT2D eigenvalue weighted by Crippen LogP contribution is -2.60. The Kier molecular flexibility index (Phi) is 11.6. The van der Waals surface area contributed by atoms with E-state index in [0.29, 0.717) is 0 Å². The van der Waals surface area contributed by atoms with Crippen molar-refractivity contribution in [3.8, 4) is 33.4 Å². The number of nitrogens with zero attached hydrogens (tertiary/aromatic N) is 3. The number of hydrogen-bond donors (Lipinski definition) is 0. The van der Waals surface area contributed by atoms with Crippen molar-refractivity contribution in [2.45, 2.75) is 52.4 Å². The van der Waals surface area contributed by atoms with Crippen molar-refractivity contribution < 1.29 is 0 Å². The first-order chi connectivity index (χ1) is 38.4. The Balaban J connectivity index is 1.08. The Labute approximate surface area is 469 Å². The minimum absolute atomic E-state index is 0.0155. The van der Waals surface area contributed by atoms with Crippen molar-refractivity contribution >= 4 is 106 Å². The van der Waals surface area contributed by atoms with E-state index < -0.39 is 0 Å². The largest absolute Gasteiger partial charge is 0.311 e. The van der Waals surface area contributed by atoms with E-state index in [4.69, 9.17) is 0 Å². The normalized spacial score (nSPS) is 12.9. The molecule has 2 aliphatic rings. The fourth-order valence-electron chi connectivity index (χ4n) is 12.2. The molecule has 2 aliphatic heterocycles. The predicted molar refractivity (Wildman–Crippen MR) is 342 cm³/mol. The van der Waals surface area contributed by atoms with Crippen molar-refractivity contribution in [1.82, 2.24) is 0 Å². The second kappa shape index (κ2) is 18.9. The zero-order valence-electron chi connectivity index (χ0n) is 45.6. The lowest BCUT2D eigenvalue weighted by atomic mass is 9.36. The number of rotatable bonds is 8. The molecule has 14 rings (SSSR count). The summed E-state index contributed by atoms with van der Waals surface area (Å²) >= 11 is 1.95. The molecule has 0 amide bonds. The van der Waals surface area contributed by atoms with Gasteiger partial charge < -0.3 is 14.7 Å². The quantitative estimate of drug-likeness (QED) is 0.140. The molecular formula is C74H60BN3S. The molecule has 3 heterocycles. The minimum atomic E-state index is -0.0814. The monoisotopic (exact) mass is 1030 g/mol. The molecule has 0 unspecified atom stereocenters. The molecule has 3 nitrogen and oxygen atoms in total. The summed E-state index contributed by atoms with van der Waals surface area (Å²) in [5.41, 5.74) is 22.6. The van der Waals surface area contributed by atoms with Crippen LogP contribution in [0.25, 0.3) is 54.2 Å². The van der Waals surface area contributed by atoms with Gasteiger partial charge in [0.2, 0.25) is 0 Å². The highest BCUT2D eigenvalue weighted by Gasteiger charge is 2.46. The molecule has 380 valence electrons. The molecule has 79 heavy (non-hydrogen) atoms. The van der Waals surface area contributed by atoms with Crippen LogP contribution in [0.4, 0.5) is 51.2 Å². The Morgan fingerprint density at radius 2 is 0.823 bits per heavy atom. The molecule has 0 spiro atoms. The van der Waals surface area contributed by atoms with Crippen LogP contribution in [-0.4, -0.2) is 6.71 Å². The molecule has 12 aromatic rings. The van der Waals surface area contributed by atoms with E-state index in [-0.39, 0.29) is 17.5 Å². The molecular weight excluding hydrogens is 974 g/mol. The van der Waals surface area contributed by atoms with Gasteiger partial charge in [-0.2, -0.15) is 0 Å². The van der Waals surface area contributed by atoms with Crippen LogP contribution in [0.1, 0.15) is 52.7 Å². The molecule has 0 atom stereocenters. The SMILES string of the molecule is CC(C)(C)c1ccc(N(c2ccc(C(C)(C)C)cc2)c2ccc3c(c2)N(c2cccc(-c4ccccc4)c2)c2cc(-c4ccccc4)cc4c2B3c2sc3cc5ccccc5cc3c2N4c2cccc(-c3ccccc3)c2)cc1. The summed E-state index contributed by atoms with van der Waals surface area (Å²) in [5.74, 6) is 0. The number of fused-ring (bicyclic) bond motifs is 7. The highest BCUT2D eigenvalue weighted by molar-refractivity contribution is 7.33. The second-order valence-corrected chi connectivity index (χ2v) is 24.5. The summed E-state index contributed by atoms with van der Waals surface area (Å²) in [4.78, 5) is 7.65. The summed E-state index contributed by atoms with van der Waals surface area (Å²) in [6, 6.07) is 95.4. The van der Waals surface area contributed by atoms with Crippen molar-refractivity contribution in [2.75, 3.05) is 14.7 Å². The Bertz CT molecular complexity index is 4210. The summed E-state index contributed by atoms with van der Waals surface area (Å²) in [6.45, 7) is 13.7. The molecule has 0 fully saturated rings. The van der Waals surface area contributed by atoms with Crippen LogP contribution in [0.5, 0.6) is 0 Å². The van der Waals surface area contributed by atoms with Gasteiger partial charge in [0, 0.05) is 60.4 Å². The Hall–Kier alpha value is -8.90. The first-order valence-electron chi connectivity index (χ1n) is 27.7. The maximum absolute atomic E-state index is 2.61. The summed E-state index contributed by atoms with van der Waals surface area (Å²) < 4.78 is 2.63. The third kappa shape index (κ3) is 8.52. The van der Waals surface area contributed by atoms with E-state index in [2.05, 4.69) is 311 Å². The van der Waals surface area contributed by atoms with Crippen molar-refractivity contribution in [2.24, 2.45) is 0 Å². The molecule has 11 aromatic carbocycles. The molecule has 1 aromatic heterocycles. The van der Waals surface area contributed by atoms with Gasteiger partial charge in [0.25, 0.3) is 6.71 Å². The van der Waals surface area contributed by atoms with Crippen LogP contribution in [0.2, 0.25) is 0 Å². The average molecular weight is 1030 g/mol. The zero-order valence-corrected chi connectivity index (χ0v) is 46.4. The fourth-order valence-corrected chi connectivity index (χ4v) is 13.6. The van der Waals surface area contributed by atoms with Gasteiger partial charge in [-0.1, -0.05) is 211 Å². The van der Waals surface area contributed by atoms with Gasteiger partial charge in [0.1, 0.15) is 0 Å². The first-order valence-corrected chi connectivity index (χ1v) is 28.5. The first kappa shape index (κ1) is 48.5. The van der Waals surface area contributed by atoms with E-state index in [9.17, 15) is 0 Å². The number of anilines is 9. The van der Waals surface area contributed by atoms with Crippen LogP contribution in [0.15, 0.2) is 255 Å². The van der Waals surface area contributed by atoms with Gasteiger partial charge in [0.05, 0.1) is 5.69 Å². The van der Waals surface area contributed by atoms with E-state index in [0.717, 1.165) is 39.7 Å². The third-order valence-corrected chi connectivity index (χ3v) is 17.5. The third-order valence-electron chi connectivity index (χ3n) is 16.3. The van der Waals surface area contributed by atoms with Gasteiger partial charge in [0.15, 0.2) is 0 Å². The fraction of sp³-hybridized carbons (Fsp3) is 0.108. The molecule has 0 saturated carbocycles. The van der Waals surface area contributed by atoms with E-state index in [1.54, 1.807) is 0 Å². The standard InChI is InChI=1S/C74H60BN3S/c1-73(2,3)57-32-36-59(37-33-57)76(60-38-34-58(35-39-60)74(4,5)6)63-40-41-65-66(48-63)77(61-30-18-28-52(42-61)49-20-10-7-11-21-49)67-45-56(51-24-14-9-15-25-51)46-68-70(67)75(65)72-71(64-44-54-26-16-17-27-55(54)47-69(64)79-72)78(68)62-31-19-29-53(43-62)50-22-12-8-13-23-50/h7-48H,1-6H3. The van der Waals surface area contributed by atoms with Gasteiger partial charge in [-0.15, -0.1) is 11.3 Å². The lowest BCUT2D eigenvalue weighted by molar-refractivity contribution is 0.590. The van der Waals surface area contributed by atoms with E-state index >= 15 is 0 Å².